The highest BCUT2D eigenvalue weighted by Gasteiger charge is 2.24. The lowest BCUT2D eigenvalue weighted by Gasteiger charge is -2.15. The monoisotopic (exact) mass is 320 g/mol. The molecule has 0 spiro atoms. The lowest BCUT2D eigenvalue weighted by molar-refractivity contribution is 0.131. The molecule has 22 heavy (non-hydrogen) atoms. The molecule has 0 heterocycles. The summed E-state index contributed by atoms with van der Waals surface area (Å²) in [6.45, 7) is 4.23. The van der Waals surface area contributed by atoms with E-state index in [1.54, 1.807) is 13.8 Å². The number of hydrogen-bond donors (Lipinski definition) is 0. The van der Waals surface area contributed by atoms with Gasteiger partial charge in [-0.3, -0.25) is 13.6 Å². The Morgan fingerprint density at radius 3 is 2.36 bits per heavy atom. The van der Waals surface area contributed by atoms with Gasteiger partial charge in [0.25, 0.3) is 0 Å². The molecule has 0 radical (unpaired) electrons. The van der Waals surface area contributed by atoms with Crippen molar-refractivity contribution in [2.75, 3.05) is 19.8 Å². The third kappa shape index (κ3) is 4.52. The van der Waals surface area contributed by atoms with Crippen molar-refractivity contribution in [2.45, 2.75) is 13.8 Å². The number of phosphoric ester groups is 1. The van der Waals surface area contributed by atoms with Gasteiger partial charge >= 0.3 is 7.82 Å². The second-order valence-electron chi connectivity index (χ2n) is 4.55. The first-order valence-corrected chi connectivity index (χ1v) is 8.82. The fourth-order valence-electron chi connectivity index (χ4n) is 2.13. The fourth-order valence-corrected chi connectivity index (χ4v) is 3.26. The summed E-state index contributed by atoms with van der Waals surface area (Å²) in [5, 5.41) is 2.35. The molecule has 0 unspecified atom stereocenters. The molecule has 0 aliphatic carbocycles. The standard InChI is InChI=1S/C17H21O4P/c1-3-19-22(18,20-4-2)21-14-8-12-16-11-7-10-15-9-5-6-13-17(15)16/h5-13H,3-4,14H2,1-2H3/b12-8+. The van der Waals surface area contributed by atoms with Crippen LogP contribution in [-0.4, -0.2) is 19.8 Å². The third-order valence-electron chi connectivity index (χ3n) is 3.02. The zero-order valence-corrected chi connectivity index (χ0v) is 13.8. The molecule has 0 N–H and O–H groups in total. The lowest BCUT2D eigenvalue weighted by Crippen LogP contribution is -2.00. The largest absolute Gasteiger partial charge is 0.475 e. The molecule has 0 bridgehead atoms. The normalized spacial score (nSPS) is 12.3. The van der Waals surface area contributed by atoms with Crippen LogP contribution in [0.25, 0.3) is 16.8 Å². The maximum absolute atomic E-state index is 12.1. The van der Waals surface area contributed by atoms with E-state index in [1.807, 2.05) is 36.4 Å². The molecule has 0 aromatic heterocycles. The molecule has 118 valence electrons. The summed E-state index contributed by atoms with van der Waals surface area (Å²) in [6.07, 6.45) is 3.76. The Labute approximate surface area is 131 Å². The van der Waals surface area contributed by atoms with Crippen molar-refractivity contribution in [1.29, 1.82) is 0 Å². The van der Waals surface area contributed by atoms with E-state index in [-0.39, 0.29) is 19.8 Å². The molecule has 0 atom stereocenters. The molecule has 0 fully saturated rings. The van der Waals surface area contributed by atoms with E-state index in [4.69, 9.17) is 13.6 Å². The van der Waals surface area contributed by atoms with E-state index in [9.17, 15) is 4.57 Å². The third-order valence-corrected chi connectivity index (χ3v) is 4.64. The minimum atomic E-state index is -3.44. The van der Waals surface area contributed by atoms with Crippen molar-refractivity contribution in [2.24, 2.45) is 0 Å². The average molecular weight is 320 g/mol. The predicted octanol–water partition coefficient (Wildman–Crippen LogP) is 5.05. The first-order valence-electron chi connectivity index (χ1n) is 7.36. The van der Waals surface area contributed by atoms with E-state index >= 15 is 0 Å². The Kier molecular flexibility index (Phi) is 6.34. The Morgan fingerprint density at radius 2 is 1.64 bits per heavy atom. The molecule has 0 saturated heterocycles. The molecule has 0 aliphatic heterocycles. The molecule has 0 saturated carbocycles. The minimum Gasteiger partial charge on any atom is -0.287 e. The Morgan fingerprint density at radius 1 is 0.955 bits per heavy atom. The quantitative estimate of drug-likeness (QED) is 0.638. The van der Waals surface area contributed by atoms with Crippen molar-refractivity contribution in [1.82, 2.24) is 0 Å². The minimum absolute atomic E-state index is 0.167. The van der Waals surface area contributed by atoms with Crippen molar-refractivity contribution < 1.29 is 18.1 Å². The zero-order chi connectivity index (χ0) is 15.8. The molecule has 2 aromatic rings. The summed E-state index contributed by atoms with van der Waals surface area (Å²) in [5.74, 6) is 0. The van der Waals surface area contributed by atoms with Crippen LogP contribution >= 0.6 is 7.82 Å². The van der Waals surface area contributed by atoms with Gasteiger partial charge in [0, 0.05) is 0 Å². The number of hydrogen-bond acceptors (Lipinski definition) is 4. The Balaban J connectivity index is 2.04. The highest BCUT2D eigenvalue weighted by atomic mass is 31.2. The van der Waals surface area contributed by atoms with Crippen molar-refractivity contribution in [3.8, 4) is 0 Å². The van der Waals surface area contributed by atoms with Gasteiger partial charge in [-0.05, 0) is 30.2 Å². The van der Waals surface area contributed by atoms with Crippen LogP contribution in [0.2, 0.25) is 0 Å². The number of fused-ring (bicyclic) bond motifs is 1. The van der Waals surface area contributed by atoms with Crippen LogP contribution in [0.4, 0.5) is 0 Å². The van der Waals surface area contributed by atoms with E-state index in [0.29, 0.717) is 0 Å². The summed E-state index contributed by atoms with van der Waals surface area (Å²) in [4.78, 5) is 0. The van der Waals surface area contributed by atoms with Crippen LogP contribution in [0.5, 0.6) is 0 Å². The summed E-state index contributed by atoms with van der Waals surface area (Å²) >= 11 is 0. The van der Waals surface area contributed by atoms with Gasteiger partial charge in [-0.15, -0.1) is 0 Å². The highest BCUT2D eigenvalue weighted by Crippen LogP contribution is 2.49. The number of phosphoric acid groups is 1. The van der Waals surface area contributed by atoms with Gasteiger partial charge in [0.2, 0.25) is 0 Å². The molecule has 2 rings (SSSR count). The molecule has 2 aromatic carbocycles. The van der Waals surface area contributed by atoms with Crippen molar-refractivity contribution in [3.05, 3.63) is 54.1 Å². The highest BCUT2D eigenvalue weighted by molar-refractivity contribution is 7.48. The second-order valence-corrected chi connectivity index (χ2v) is 6.22. The molecule has 5 heteroatoms. The Hall–Kier alpha value is -1.45. The van der Waals surface area contributed by atoms with Gasteiger partial charge < -0.3 is 0 Å². The van der Waals surface area contributed by atoms with Gasteiger partial charge in [-0.2, -0.15) is 0 Å². The van der Waals surface area contributed by atoms with Gasteiger partial charge in [0.15, 0.2) is 0 Å². The fraction of sp³-hybridized carbons (Fsp3) is 0.294. The molecule has 4 nitrogen and oxygen atoms in total. The van der Waals surface area contributed by atoms with Gasteiger partial charge in [-0.1, -0.05) is 54.6 Å². The zero-order valence-electron chi connectivity index (χ0n) is 12.9. The van der Waals surface area contributed by atoms with E-state index in [2.05, 4.69) is 18.2 Å². The maximum atomic E-state index is 12.1. The van der Waals surface area contributed by atoms with E-state index < -0.39 is 7.82 Å². The Bertz CT molecular complexity index is 666. The summed E-state index contributed by atoms with van der Waals surface area (Å²) in [7, 11) is -3.44. The van der Waals surface area contributed by atoms with Crippen LogP contribution in [0.1, 0.15) is 19.4 Å². The average Bonchev–Trinajstić information content (AvgIpc) is 2.52. The second kappa shape index (κ2) is 8.25. The predicted molar refractivity (Wildman–Crippen MR) is 89.8 cm³/mol. The van der Waals surface area contributed by atoms with Gasteiger partial charge in [-0.25, -0.2) is 4.57 Å². The molecular formula is C17H21O4P. The SMILES string of the molecule is CCOP(=O)(OCC)OC/C=C/c1cccc2ccccc12. The van der Waals surface area contributed by atoms with Crippen LogP contribution in [0.15, 0.2) is 48.5 Å². The molecule has 0 amide bonds. The number of rotatable bonds is 8. The molecule has 0 aliphatic rings. The summed E-state index contributed by atoms with van der Waals surface area (Å²) < 4.78 is 27.5. The molecular weight excluding hydrogens is 299 g/mol. The topological polar surface area (TPSA) is 44.8 Å². The van der Waals surface area contributed by atoms with Crippen molar-refractivity contribution >= 4 is 24.7 Å². The summed E-state index contributed by atoms with van der Waals surface area (Å²) in [6, 6.07) is 14.3. The van der Waals surface area contributed by atoms with Gasteiger partial charge in [0.05, 0.1) is 19.8 Å². The van der Waals surface area contributed by atoms with E-state index in [1.165, 1.54) is 10.8 Å². The van der Waals surface area contributed by atoms with Crippen LogP contribution in [0, 0.1) is 0 Å². The van der Waals surface area contributed by atoms with Crippen LogP contribution in [-0.2, 0) is 18.1 Å². The smallest absolute Gasteiger partial charge is 0.287 e. The van der Waals surface area contributed by atoms with Gasteiger partial charge in [0.1, 0.15) is 0 Å². The maximum Gasteiger partial charge on any atom is 0.475 e. The van der Waals surface area contributed by atoms with Crippen LogP contribution < -0.4 is 0 Å². The summed E-state index contributed by atoms with van der Waals surface area (Å²) in [5.41, 5.74) is 1.09. The number of benzene rings is 2. The van der Waals surface area contributed by atoms with Crippen LogP contribution in [0.3, 0.4) is 0 Å². The lowest BCUT2D eigenvalue weighted by atomic mass is 10.0. The first kappa shape index (κ1) is 16.9. The van der Waals surface area contributed by atoms with Crippen molar-refractivity contribution in [3.63, 3.8) is 0 Å². The van der Waals surface area contributed by atoms with E-state index in [0.717, 1.165) is 5.56 Å². The first-order chi connectivity index (χ1) is 10.7.